The monoisotopic (exact) mass is 495 g/mol. The molecule has 0 aliphatic heterocycles. The van der Waals surface area contributed by atoms with E-state index in [4.69, 9.17) is 9.15 Å². The number of hydrogen-bond donors (Lipinski definition) is 1. The summed E-state index contributed by atoms with van der Waals surface area (Å²) in [6.07, 6.45) is 0. The molecule has 0 aliphatic carbocycles. The van der Waals surface area contributed by atoms with Gasteiger partial charge in [0.2, 0.25) is 11.8 Å². The molecule has 0 atom stereocenters. The number of hydrogen-bond acceptors (Lipinski definition) is 6. The van der Waals surface area contributed by atoms with Gasteiger partial charge in [-0.2, -0.15) is 0 Å². The normalized spacial score (nSPS) is 10.6. The fourth-order valence-electron chi connectivity index (χ4n) is 2.79. The van der Waals surface area contributed by atoms with Crippen LogP contribution in [0.4, 0.5) is 5.69 Å². The first-order chi connectivity index (χ1) is 15.1. The number of benzene rings is 3. The van der Waals surface area contributed by atoms with Crippen LogP contribution in [0.5, 0.6) is 5.75 Å². The fourth-order valence-corrected chi connectivity index (χ4v) is 3.95. The third-order valence-corrected chi connectivity index (χ3v) is 6.07. The molecule has 1 N–H and O–H groups in total. The molecular weight excluding hydrogens is 478 g/mol. The molecule has 0 bridgehead atoms. The first kappa shape index (κ1) is 21.1. The molecule has 0 aliphatic rings. The molecular formula is C23H18BrN3O3S. The van der Waals surface area contributed by atoms with Gasteiger partial charge in [0.25, 0.3) is 5.91 Å². The number of halogens is 1. The summed E-state index contributed by atoms with van der Waals surface area (Å²) in [7, 11) is 1.57. The number of anilines is 1. The second-order valence-electron chi connectivity index (χ2n) is 6.48. The van der Waals surface area contributed by atoms with Gasteiger partial charge in [-0.25, -0.2) is 0 Å². The van der Waals surface area contributed by atoms with Crippen LogP contribution in [-0.4, -0.2) is 23.2 Å². The summed E-state index contributed by atoms with van der Waals surface area (Å²) in [4.78, 5) is 13.6. The third-order valence-electron chi connectivity index (χ3n) is 4.38. The smallest absolute Gasteiger partial charge is 0.256 e. The number of nitrogens with zero attached hydrogens (tertiary/aromatic N) is 2. The van der Waals surface area contributed by atoms with Crippen LogP contribution in [0, 0.1) is 0 Å². The molecule has 156 valence electrons. The molecule has 0 saturated heterocycles. The Hall–Kier alpha value is -3.10. The van der Waals surface area contributed by atoms with E-state index in [0.29, 0.717) is 39.0 Å². The van der Waals surface area contributed by atoms with E-state index in [2.05, 4.69) is 31.4 Å². The van der Waals surface area contributed by atoms with Crippen LogP contribution < -0.4 is 10.1 Å². The number of ether oxygens (including phenoxy) is 1. The molecule has 8 heteroatoms. The van der Waals surface area contributed by atoms with E-state index < -0.39 is 0 Å². The van der Waals surface area contributed by atoms with Crippen LogP contribution in [-0.2, 0) is 5.75 Å². The van der Waals surface area contributed by atoms with Crippen molar-refractivity contribution in [3.05, 3.63) is 88.7 Å². The number of thioether (sulfide) groups is 1. The van der Waals surface area contributed by atoms with Gasteiger partial charge in [0, 0.05) is 20.6 Å². The van der Waals surface area contributed by atoms with Crippen molar-refractivity contribution in [1.29, 1.82) is 0 Å². The Morgan fingerprint density at radius 1 is 1.06 bits per heavy atom. The van der Waals surface area contributed by atoms with E-state index in [-0.39, 0.29) is 5.91 Å². The molecule has 0 fully saturated rings. The number of nitrogens with one attached hydrogen (secondary N) is 1. The maximum atomic E-state index is 12.6. The lowest BCUT2D eigenvalue weighted by atomic mass is 10.2. The number of methoxy groups -OCH3 is 1. The van der Waals surface area contributed by atoms with Crippen LogP contribution in [0.3, 0.4) is 0 Å². The van der Waals surface area contributed by atoms with Crippen molar-refractivity contribution in [2.45, 2.75) is 10.6 Å². The predicted molar refractivity (Wildman–Crippen MR) is 124 cm³/mol. The Morgan fingerprint density at radius 3 is 2.58 bits per heavy atom. The third kappa shape index (κ3) is 5.34. The fraction of sp³-hybridized carbons (Fsp3) is 0.0870. The van der Waals surface area contributed by atoms with Crippen molar-refractivity contribution >= 4 is 39.3 Å². The van der Waals surface area contributed by atoms with E-state index >= 15 is 0 Å². The number of carbonyl (C=O) groups excluding carboxylic acids is 1. The second-order valence-corrected chi connectivity index (χ2v) is 8.38. The van der Waals surface area contributed by atoms with Crippen molar-refractivity contribution < 1.29 is 13.9 Å². The highest BCUT2D eigenvalue weighted by Gasteiger charge is 2.12. The minimum absolute atomic E-state index is 0.217. The number of amides is 1. The van der Waals surface area contributed by atoms with Gasteiger partial charge in [-0.3, -0.25) is 4.79 Å². The van der Waals surface area contributed by atoms with Crippen LogP contribution in [0.25, 0.3) is 11.5 Å². The molecule has 6 nitrogen and oxygen atoms in total. The zero-order chi connectivity index (χ0) is 21.6. The quantitative estimate of drug-likeness (QED) is 0.314. The molecule has 0 saturated carbocycles. The van der Waals surface area contributed by atoms with Crippen LogP contribution >= 0.6 is 27.7 Å². The maximum Gasteiger partial charge on any atom is 0.256 e. The Labute approximate surface area is 192 Å². The van der Waals surface area contributed by atoms with Gasteiger partial charge in [0.1, 0.15) is 5.75 Å². The minimum atomic E-state index is -0.217. The summed E-state index contributed by atoms with van der Waals surface area (Å²) in [5.74, 6) is 2.03. The van der Waals surface area contributed by atoms with Crippen LogP contribution in [0.1, 0.15) is 16.2 Å². The molecule has 4 aromatic rings. The Kier molecular flexibility index (Phi) is 6.69. The number of aromatic nitrogens is 2. The largest absolute Gasteiger partial charge is 0.497 e. The lowest BCUT2D eigenvalue weighted by Crippen LogP contribution is -2.12. The lowest BCUT2D eigenvalue weighted by Gasteiger charge is -2.09. The first-order valence-electron chi connectivity index (χ1n) is 9.38. The van der Waals surface area contributed by atoms with Gasteiger partial charge in [0.15, 0.2) is 0 Å². The van der Waals surface area contributed by atoms with Crippen molar-refractivity contribution in [2.24, 2.45) is 0 Å². The molecule has 1 amide bonds. The highest BCUT2D eigenvalue weighted by Crippen LogP contribution is 2.27. The SMILES string of the molecule is COc1ccc(Br)c(C(=O)Nc2ccc(SCc3nnc(-c4ccccc4)o3)cc2)c1. The molecule has 0 radical (unpaired) electrons. The standard InChI is InChI=1S/C23H18BrN3O3S/c1-29-17-9-12-20(24)19(13-17)22(28)25-16-7-10-18(11-8-16)31-14-21-26-27-23(30-21)15-5-3-2-4-6-15/h2-13H,14H2,1H3,(H,25,28). The maximum absolute atomic E-state index is 12.6. The second kappa shape index (κ2) is 9.80. The van der Waals surface area contributed by atoms with Gasteiger partial charge >= 0.3 is 0 Å². The van der Waals surface area contributed by atoms with Crippen LogP contribution in [0.15, 0.2) is 86.6 Å². The zero-order valence-corrected chi connectivity index (χ0v) is 18.9. The molecule has 4 rings (SSSR count). The highest BCUT2D eigenvalue weighted by molar-refractivity contribution is 9.10. The summed E-state index contributed by atoms with van der Waals surface area (Å²) in [6, 6.07) is 22.5. The summed E-state index contributed by atoms with van der Waals surface area (Å²) in [6.45, 7) is 0. The molecule has 0 unspecified atom stereocenters. The van der Waals surface area contributed by atoms with Gasteiger partial charge in [-0.15, -0.1) is 22.0 Å². The van der Waals surface area contributed by atoms with E-state index in [9.17, 15) is 4.79 Å². The first-order valence-corrected chi connectivity index (χ1v) is 11.2. The Bertz CT molecular complexity index is 1180. The summed E-state index contributed by atoms with van der Waals surface area (Å²) < 4.78 is 11.6. The molecule has 31 heavy (non-hydrogen) atoms. The average molecular weight is 496 g/mol. The minimum Gasteiger partial charge on any atom is -0.497 e. The molecule has 1 aromatic heterocycles. The summed E-state index contributed by atoms with van der Waals surface area (Å²) in [5.41, 5.74) is 2.10. The van der Waals surface area contributed by atoms with Gasteiger partial charge in [-0.1, -0.05) is 18.2 Å². The predicted octanol–water partition coefficient (Wildman–Crippen LogP) is 6.05. The Balaban J connectivity index is 1.36. The molecule has 3 aromatic carbocycles. The van der Waals surface area contributed by atoms with E-state index in [1.165, 1.54) is 0 Å². The topological polar surface area (TPSA) is 77.2 Å². The zero-order valence-electron chi connectivity index (χ0n) is 16.5. The summed E-state index contributed by atoms with van der Waals surface area (Å²) >= 11 is 4.99. The van der Waals surface area contributed by atoms with Crippen molar-refractivity contribution in [1.82, 2.24) is 10.2 Å². The summed E-state index contributed by atoms with van der Waals surface area (Å²) in [5, 5.41) is 11.1. The number of carbonyl (C=O) groups is 1. The van der Waals surface area contributed by atoms with E-state index in [1.54, 1.807) is 37.1 Å². The molecule has 1 heterocycles. The van der Waals surface area contributed by atoms with Crippen molar-refractivity contribution in [3.8, 4) is 17.2 Å². The van der Waals surface area contributed by atoms with Crippen LogP contribution in [0.2, 0.25) is 0 Å². The molecule has 0 spiro atoms. The lowest BCUT2D eigenvalue weighted by molar-refractivity contribution is 0.102. The Morgan fingerprint density at radius 2 is 1.84 bits per heavy atom. The van der Waals surface area contributed by atoms with Gasteiger partial charge < -0.3 is 14.5 Å². The van der Waals surface area contributed by atoms with E-state index in [0.717, 1.165) is 10.5 Å². The van der Waals surface area contributed by atoms with Crippen molar-refractivity contribution in [3.63, 3.8) is 0 Å². The highest BCUT2D eigenvalue weighted by atomic mass is 79.9. The average Bonchev–Trinajstić information content (AvgIpc) is 3.28. The van der Waals surface area contributed by atoms with Gasteiger partial charge in [0.05, 0.1) is 18.4 Å². The number of rotatable bonds is 7. The van der Waals surface area contributed by atoms with Gasteiger partial charge in [-0.05, 0) is 70.5 Å². The van der Waals surface area contributed by atoms with Crippen molar-refractivity contribution in [2.75, 3.05) is 12.4 Å². The van der Waals surface area contributed by atoms with E-state index in [1.807, 2.05) is 54.6 Å².